The van der Waals surface area contributed by atoms with Crippen molar-refractivity contribution in [1.29, 1.82) is 0 Å². The van der Waals surface area contributed by atoms with Gasteiger partial charge in [0.15, 0.2) is 17.6 Å². The molecule has 0 radical (unpaired) electrons. The highest BCUT2D eigenvalue weighted by Gasteiger charge is 2.38. The number of halogens is 4. The molecule has 0 saturated heterocycles. The summed E-state index contributed by atoms with van der Waals surface area (Å²) in [5.41, 5.74) is 0. The second-order valence-electron chi connectivity index (χ2n) is 4.80. The van der Waals surface area contributed by atoms with E-state index in [1.165, 1.54) is 25.3 Å². The van der Waals surface area contributed by atoms with Gasteiger partial charge < -0.3 is 14.2 Å². The van der Waals surface area contributed by atoms with E-state index < -0.39 is 24.2 Å². The molecule has 24 heavy (non-hydrogen) atoms. The summed E-state index contributed by atoms with van der Waals surface area (Å²) in [4.78, 5) is 23.0. The van der Waals surface area contributed by atoms with Crippen LogP contribution in [0.1, 0.15) is 26.2 Å². The minimum Gasteiger partial charge on any atom is -0.493 e. The van der Waals surface area contributed by atoms with Gasteiger partial charge in [0.25, 0.3) is 0 Å². The largest absolute Gasteiger partial charge is 0.493 e. The maximum absolute atomic E-state index is 12.2. The van der Waals surface area contributed by atoms with Gasteiger partial charge in [-0.25, -0.2) is 0 Å². The van der Waals surface area contributed by atoms with Gasteiger partial charge in [-0.1, -0.05) is 11.6 Å². The smallest absolute Gasteiger partial charge is 0.425 e. The molecule has 0 aliphatic carbocycles. The molecule has 1 atom stereocenters. The third-order valence-electron chi connectivity index (χ3n) is 2.88. The number of benzene rings is 1. The first kappa shape index (κ1) is 20.1. The van der Waals surface area contributed by atoms with Gasteiger partial charge in [0.2, 0.25) is 0 Å². The Morgan fingerprint density at radius 2 is 1.79 bits per heavy atom. The van der Waals surface area contributed by atoms with Crippen LogP contribution in [0.4, 0.5) is 13.2 Å². The van der Waals surface area contributed by atoms with Crippen LogP contribution in [0.25, 0.3) is 0 Å². The molecule has 1 aromatic carbocycles. The lowest BCUT2D eigenvalue weighted by Gasteiger charge is -2.16. The summed E-state index contributed by atoms with van der Waals surface area (Å²) in [6.07, 6.45) is -7.29. The predicted molar refractivity (Wildman–Crippen MR) is 79.1 cm³/mol. The molecule has 9 heteroatoms. The number of carbonyl (C=O) groups is 2. The molecule has 0 N–H and O–H groups in total. The summed E-state index contributed by atoms with van der Waals surface area (Å²) in [7, 11) is 1.38. The van der Waals surface area contributed by atoms with Gasteiger partial charge in [-0.05, 0) is 25.5 Å². The predicted octanol–water partition coefficient (Wildman–Crippen LogP) is 3.92. The normalized spacial score (nSPS) is 12.4. The SMILES string of the molecule is COc1cc(Cl)ccc1OC(=O)CCCC(=O)OC(C)C(F)(F)F. The molecule has 5 nitrogen and oxygen atoms in total. The van der Waals surface area contributed by atoms with Crippen LogP contribution in [0.3, 0.4) is 0 Å². The molecule has 0 amide bonds. The van der Waals surface area contributed by atoms with Crippen LogP contribution in [0, 0.1) is 0 Å². The number of hydrogen-bond acceptors (Lipinski definition) is 5. The zero-order valence-corrected chi connectivity index (χ0v) is 13.7. The molecule has 134 valence electrons. The molecule has 1 aromatic rings. The van der Waals surface area contributed by atoms with Crippen molar-refractivity contribution in [2.75, 3.05) is 7.11 Å². The van der Waals surface area contributed by atoms with Crippen molar-refractivity contribution in [3.63, 3.8) is 0 Å². The zero-order valence-electron chi connectivity index (χ0n) is 13.0. The quantitative estimate of drug-likeness (QED) is 0.539. The molecule has 0 spiro atoms. The number of alkyl halides is 3. The Hall–Kier alpha value is -1.96. The fourth-order valence-corrected chi connectivity index (χ4v) is 1.76. The molecule has 0 fully saturated rings. The molecule has 0 saturated carbocycles. The lowest BCUT2D eigenvalue weighted by atomic mass is 10.2. The maximum Gasteiger partial charge on any atom is 0.425 e. The van der Waals surface area contributed by atoms with Crippen LogP contribution >= 0.6 is 11.6 Å². The van der Waals surface area contributed by atoms with E-state index >= 15 is 0 Å². The zero-order chi connectivity index (χ0) is 18.3. The van der Waals surface area contributed by atoms with Gasteiger partial charge in [-0.3, -0.25) is 9.59 Å². The van der Waals surface area contributed by atoms with E-state index in [1.807, 2.05) is 0 Å². The summed E-state index contributed by atoms with van der Waals surface area (Å²) >= 11 is 5.77. The second kappa shape index (κ2) is 8.77. The molecule has 1 unspecified atom stereocenters. The summed E-state index contributed by atoms with van der Waals surface area (Å²) in [5.74, 6) is -1.28. The van der Waals surface area contributed by atoms with Gasteiger partial charge in [0.05, 0.1) is 7.11 Å². The van der Waals surface area contributed by atoms with Crippen molar-refractivity contribution in [2.45, 2.75) is 38.5 Å². The Kier molecular flexibility index (Phi) is 7.34. The monoisotopic (exact) mass is 368 g/mol. The van der Waals surface area contributed by atoms with Crippen molar-refractivity contribution >= 4 is 23.5 Å². The molecule has 0 aliphatic heterocycles. The van der Waals surface area contributed by atoms with E-state index in [2.05, 4.69) is 4.74 Å². The molecule has 0 aromatic heterocycles. The van der Waals surface area contributed by atoms with Gasteiger partial charge >= 0.3 is 18.1 Å². The fraction of sp³-hybridized carbons (Fsp3) is 0.467. The molecule has 1 rings (SSSR count). The first-order valence-corrected chi connectivity index (χ1v) is 7.31. The molecular weight excluding hydrogens is 353 g/mol. The molecule has 0 bridgehead atoms. The van der Waals surface area contributed by atoms with E-state index in [0.717, 1.165) is 6.92 Å². The van der Waals surface area contributed by atoms with Crippen molar-refractivity contribution in [1.82, 2.24) is 0 Å². The second-order valence-corrected chi connectivity index (χ2v) is 5.23. The number of rotatable bonds is 7. The van der Waals surface area contributed by atoms with Crippen LogP contribution < -0.4 is 9.47 Å². The average Bonchev–Trinajstić information content (AvgIpc) is 2.48. The lowest BCUT2D eigenvalue weighted by molar-refractivity contribution is -0.216. The molecule has 0 heterocycles. The van der Waals surface area contributed by atoms with Crippen LogP contribution in [-0.2, 0) is 14.3 Å². The van der Waals surface area contributed by atoms with Crippen molar-refractivity contribution in [3.8, 4) is 11.5 Å². The summed E-state index contributed by atoms with van der Waals surface area (Å²) < 4.78 is 51.0. The highest BCUT2D eigenvalue weighted by molar-refractivity contribution is 6.30. The van der Waals surface area contributed by atoms with Gasteiger partial charge in [-0.15, -0.1) is 0 Å². The van der Waals surface area contributed by atoms with E-state index in [4.69, 9.17) is 21.1 Å². The summed E-state index contributed by atoms with van der Waals surface area (Å²) in [6.45, 7) is 0.735. The van der Waals surface area contributed by atoms with E-state index in [9.17, 15) is 22.8 Å². The van der Waals surface area contributed by atoms with E-state index in [0.29, 0.717) is 5.02 Å². The average molecular weight is 369 g/mol. The number of esters is 2. The standard InChI is InChI=1S/C15H16ClF3O5/c1-9(15(17,18)19)23-13(20)4-3-5-14(21)24-11-7-6-10(16)8-12(11)22-2/h6-9H,3-5H2,1-2H3. The number of methoxy groups -OCH3 is 1. The third-order valence-corrected chi connectivity index (χ3v) is 3.12. The van der Waals surface area contributed by atoms with Gasteiger partial charge in [0.1, 0.15) is 0 Å². The Morgan fingerprint density at radius 1 is 1.17 bits per heavy atom. The Labute approximate surface area is 141 Å². The minimum atomic E-state index is -4.61. The Balaban J connectivity index is 2.41. The van der Waals surface area contributed by atoms with Crippen molar-refractivity contribution < 1.29 is 37.0 Å². The number of ether oxygens (including phenoxy) is 3. The van der Waals surface area contributed by atoms with Crippen LogP contribution in [0.2, 0.25) is 5.02 Å². The van der Waals surface area contributed by atoms with Crippen molar-refractivity contribution in [2.24, 2.45) is 0 Å². The summed E-state index contributed by atoms with van der Waals surface area (Å²) in [6, 6.07) is 4.40. The Bertz CT molecular complexity index is 589. The summed E-state index contributed by atoms with van der Waals surface area (Å²) in [5, 5.41) is 0.396. The number of carbonyl (C=O) groups excluding carboxylic acids is 2. The molecule has 0 aliphatic rings. The highest BCUT2D eigenvalue weighted by atomic mass is 35.5. The fourth-order valence-electron chi connectivity index (χ4n) is 1.60. The van der Waals surface area contributed by atoms with Crippen LogP contribution in [0.15, 0.2) is 18.2 Å². The highest BCUT2D eigenvalue weighted by Crippen LogP contribution is 2.30. The van der Waals surface area contributed by atoms with Gasteiger partial charge in [0, 0.05) is 23.9 Å². The number of hydrogen-bond donors (Lipinski definition) is 0. The van der Waals surface area contributed by atoms with E-state index in [1.54, 1.807) is 0 Å². The maximum atomic E-state index is 12.2. The molecular formula is C15H16ClF3O5. The van der Waals surface area contributed by atoms with Gasteiger partial charge in [-0.2, -0.15) is 13.2 Å². The van der Waals surface area contributed by atoms with E-state index in [-0.39, 0.29) is 30.8 Å². The first-order chi connectivity index (χ1) is 11.1. The van der Waals surface area contributed by atoms with Crippen LogP contribution in [-0.4, -0.2) is 31.3 Å². The lowest BCUT2D eigenvalue weighted by Crippen LogP contribution is -2.30. The third kappa shape index (κ3) is 6.66. The van der Waals surface area contributed by atoms with Crippen molar-refractivity contribution in [3.05, 3.63) is 23.2 Å². The topological polar surface area (TPSA) is 61.8 Å². The first-order valence-electron chi connectivity index (χ1n) is 6.94. The Morgan fingerprint density at radius 3 is 2.38 bits per heavy atom. The minimum absolute atomic E-state index is 0.00184. The van der Waals surface area contributed by atoms with Crippen LogP contribution in [0.5, 0.6) is 11.5 Å².